The van der Waals surface area contributed by atoms with E-state index < -0.39 is 11.8 Å². The first-order valence-corrected chi connectivity index (χ1v) is 8.35. The molecular weight excluding hydrogens is 306 g/mol. The fourth-order valence-corrected chi connectivity index (χ4v) is 2.64. The van der Waals surface area contributed by atoms with Crippen LogP contribution >= 0.6 is 0 Å². The van der Waals surface area contributed by atoms with E-state index in [1.54, 1.807) is 31.4 Å². The number of carbonyl (C=O) groups is 2. The summed E-state index contributed by atoms with van der Waals surface area (Å²) in [7, 11) is 1.59. The molecule has 1 N–H and O–H groups in total. The van der Waals surface area contributed by atoms with Crippen molar-refractivity contribution in [3.8, 4) is 5.75 Å². The summed E-state index contributed by atoms with van der Waals surface area (Å²) in [5, 5.41) is 2.88. The van der Waals surface area contributed by atoms with Crippen LogP contribution in [0.2, 0.25) is 0 Å². The molecule has 0 heterocycles. The molecule has 5 heteroatoms. The van der Waals surface area contributed by atoms with Crippen molar-refractivity contribution in [2.45, 2.75) is 39.2 Å². The molecule has 1 aliphatic carbocycles. The summed E-state index contributed by atoms with van der Waals surface area (Å²) in [4.78, 5) is 25.0. The minimum absolute atomic E-state index is 0.131. The van der Waals surface area contributed by atoms with Crippen LogP contribution in [0.1, 0.15) is 33.1 Å². The van der Waals surface area contributed by atoms with Gasteiger partial charge >= 0.3 is 5.97 Å². The van der Waals surface area contributed by atoms with Gasteiger partial charge in [-0.05, 0) is 50.5 Å². The third-order valence-corrected chi connectivity index (χ3v) is 4.32. The lowest BCUT2D eigenvalue weighted by atomic mass is 9.82. The molecule has 0 fully saturated rings. The molecule has 130 valence electrons. The van der Waals surface area contributed by atoms with Crippen LogP contribution in [-0.4, -0.2) is 25.1 Å². The SMILES string of the molecule is CC[C@H](C)OC(=O)[C@@H]1CC=CC[C@@H]1C(=O)Nc1ccc(OC)cc1. The molecule has 3 atom stereocenters. The monoisotopic (exact) mass is 331 g/mol. The Morgan fingerprint density at radius 2 is 1.79 bits per heavy atom. The number of ether oxygens (including phenoxy) is 2. The molecule has 1 amide bonds. The van der Waals surface area contributed by atoms with E-state index in [1.165, 1.54) is 0 Å². The first-order chi connectivity index (χ1) is 11.5. The number of rotatable bonds is 6. The largest absolute Gasteiger partial charge is 0.497 e. The number of anilines is 1. The van der Waals surface area contributed by atoms with Crippen molar-refractivity contribution in [1.29, 1.82) is 0 Å². The summed E-state index contributed by atoms with van der Waals surface area (Å²) in [5.41, 5.74) is 0.685. The molecule has 0 unspecified atom stereocenters. The van der Waals surface area contributed by atoms with Crippen molar-refractivity contribution in [3.05, 3.63) is 36.4 Å². The molecule has 2 rings (SSSR count). The van der Waals surface area contributed by atoms with Crippen molar-refractivity contribution in [2.24, 2.45) is 11.8 Å². The van der Waals surface area contributed by atoms with Crippen molar-refractivity contribution in [1.82, 2.24) is 0 Å². The van der Waals surface area contributed by atoms with Crippen LogP contribution in [0.25, 0.3) is 0 Å². The highest BCUT2D eigenvalue weighted by molar-refractivity contribution is 5.95. The third kappa shape index (κ3) is 4.60. The Morgan fingerprint density at radius 1 is 1.17 bits per heavy atom. The van der Waals surface area contributed by atoms with Crippen molar-refractivity contribution >= 4 is 17.6 Å². The van der Waals surface area contributed by atoms with Gasteiger partial charge in [-0.3, -0.25) is 9.59 Å². The summed E-state index contributed by atoms with van der Waals surface area (Å²) in [5.74, 6) is -0.557. The van der Waals surface area contributed by atoms with Crippen LogP contribution in [0, 0.1) is 11.8 Å². The maximum Gasteiger partial charge on any atom is 0.310 e. The van der Waals surface area contributed by atoms with Gasteiger partial charge in [0, 0.05) is 5.69 Å². The molecule has 5 nitrogen and oxygen atoms in total. The molecule has 24 heavy (non-hydrogen) atoms. The second-order valence-electron chi connectivity index (χ2n) is 6.03. The first-order valence-electron chi connectivity index (χ1n) is 8.35. The molecule has 0 aliphatic heterocycles. The topological polar surface area (TPSA) is 64.6 Å². The summed E-state index contributed by atoms with van der Waals surface area (Å²) >= 11 is 0. The van der Waals surface area contributed by atoms with Gasteiger partial charge in [0.15, 0.2) is 0 Å². The van der Waals surface area contributed by atoms with Crippen LogP contribution in [0.15, 0.2) is 36.4 Å². The zero-order chi connectivity index (χ0) is 17.5. The van der Waals surface area contributed by atoms with Gasteiger partial charge in [0.25, 0.3) is 0 Å². The minimum atomic E-state index is -0.428. The molecule has 1 aromatic rings. The predicted octanol–water partition coefficient (Wildman–Crippen LogP) is 3.56. The van der Waals surface area contributed by atoms with Crippen molar-refractivity contribution in [3.63, 3.8) is 0 Å². The van der Waals surface area contributed by atoms with Gasteiger partial charge < -0.3 is 14.8 Å². The van der Waals surface area contributed by atoms with E-state index >= 15 is 0 Å². The molecule has 0 bridgehead atoms. The zero-order valence-electron chi connectivity index (χ0n) is 14.5. The summed E-state index contributed by atoms with van der Waals surface area (Å²) in [6.07, 6.45) is 5.61. The Bertz CT molecular complexity index is 594. The highest BCUT2D eigenvalue weighted by Gasteiger charge is 2.35. The molecule has 0 aromatic heterocycles. The van der Waals surface area contributed by atoms with Crippen molar-refractivity contribution in [2.75, 3.05) is 12.4 Å². The second-order valence-corrected chi connectivity index (χ2v) is 6.03. The number of allylic oxidation sites excluding steroid dienone is 2. The molecule has 0 radical (unpaired) electrons. The van der Waals surface area contributed by atoms with E-state index in [1.807, 2.05) is 26.0 Å². The zero-order valence-corrected chi connectivity index (χ0v) is 14.5. The van der Waals surface area contributed by atoms with E-state index in [9.17, 15) is 9.59 Å². The van der Waals surface area contributed by atoms with E-state index in [0.717, 1.165) is 12.2 Å². The van der Waals surface area contributed by atoms with Gasteiger partial charge in [-0.25, -0.2) is 0 Å². The highest BCUT2D eigenvalue weighted by atomic mass is 16.5. The van der Waals surface area contributed by atoms with Crippen LogP contribution in [0.4, 0.5) is 5.69 Å². The van der Waals surface area contributed by atoms with E-state index in [0.29, 0.717) is 18.5 Å². The van der Waals surface area contributed by atoms with Crippen molar-refractivity contribution < 1.29 is 19.1 Å². The number of nitrogens with one attached hydrogen (secondary N) is 1. The van der Waals surface area contributed by atoms with Crippen LogP contribution in [0.5, 0.6) is 5.75 Å². The summed E-state index contributed by atoms with van der Waals surface area (Å²) in [6, 6.07) is 7.12. The normalized spacial score (nSPS) is 21.0. The van der Waals surface area contributed by atoms with Gasteiger partial charge in [0.05, 0.1) is 25.0 Å². The Hall–Kier alpha value is -2.30. The molecule has 1 aliphatic rings. The lowest BCUT2D eigenvalue weighted by Gasteiger charge is -2.27. The van der Waals surface area contributed by atoms with E-state index in [-0.39, 0.29) is 18.0 Å². The quantitative estimate of drug-likeness (QED) is 0.639. The fourth-order valence-electron chi connectivity index (χ4n) is 2.64. The molecule has 1 aromatic carbocycles. The number of carbonyl (C=O) groups excluding carboxylic acids is 2. The van der Waals surface area contributed by atoms with E-state index in [4.69, 9.17) is 9.47 Å². The fraction of sp³-hybridized carbons (Fsp3) is 0.474. The summed E-state index contributed by atoms with van der Waals surface area (Å²) in [6.45, 7) is 3.83. The number of hydrogen-bond donors (Lipinski definition) is 1. The Morgan fingerprint density at radius 3 is 2.38 bits per heavy atom. The number of methoxy groups -OCH3 is 1. The van der Waals surface area contributed by atoms with Crippen LogP contribution < -0.4 is 10.1 Å². The predicted molar refractivity (Wildman–Crippen MR) is 92.8 cm³/mol. The highest BCUT2D eigenvalue weighted by Crippen LogP contribution is 2.29. The smallest absolute Gasteiger partial charge is 0.310 e. The van der Waals surface area contributed by atoms with Gasteiger partial charge in [-0.15, -0.1) is 0 Å². The Labute approximate surface area is 143 Å². The molecule has 0 saturated heterocycles. The molecular formula is C19H25NO4. The van der Waals surface area contributed by atoms with Gasteiger partial charge in [0.2, 0.25) is 5.91 Å². The lowest BCUT2D eigenvalue weighted by Crippen LogP contribution is -2.36. The number of esters is 1. The number of amides is 1. The average Bonchev–Trinajstić information content (AvgIpc) is 2.62. The lowest BCUT2D eigenvalue weighted by molar-refractivity contribution is -0.157. The van der Waals surface area contributed by atoms with Gasteiger partial charge in [-0.2, -0.15) is 0 Å². The Balaban J connectivity index is 2.04. The van der Waals surface area contributed by atoms with Gasteiger partial charge in [0.1, 0.15) is 5.75 Å². The Kier molecular flexibility index (Phi) is 6.41. The minimum Gasteiger partial charge on any atom is -0.497 e. The maximum atomic E-state index is 12.6. The van der Waals surface area contributed by atoms with E-state index in [2.05, 4.69) is 5.32 Å². The number of hydrogen-bond acceptors (Lipinski definition) is 4. The van der Waals surface area contributed by atoms with Crippen LogP contribution in [-0.2, 0) is 14.3 Å². The summed E-state index contributed by atoms with van der Waals surface area (Å²) < 4.78 is 10.5. The average molecular weight is 331 g/mol. The molecule has 0 saturated carbocycles. The maximum absolute atomic E-state index is 12.6. The number of benzene rings is 1. The first kappa shape index (κ1) is 18.0. The standard InChI is InChI=1S/C19H25NO4/c1-4-13(2)24-19(22)17-8-6-5-7-16(17)18(21)20-14-9-11-15(23-3)12-10-14/h5-6,9-13,16-17H,4,7-8H2,1-3H3,(H,20,21)/t13-,16-,17+/m0/s1. The third-order valence-electron chi connectivity index (χ3n) is 4.32. The molecule has 0 spiro atoms. The second kappa shape index (κ2) is 8.52. The van der Waals surface area contributed by atoms with Gasteiger partial charge in [-0.1, -0.05) is 19.1 Å². The van der Waals surface area contributed by atoms with Crippen LogP contribution in [0.3, 0.4) is 0 Å².